The van der Waals surface area contributed by atoms with E-state index in [9.17, 15) is 13.2 Å². The molecule has 9 heteroatoms. The molecule has 0 radical (unpaired) electrons. The van der Waals surface area contributed by atoms with Gasteiger partial charge in [0.15, 0.2) is 9.84 Å². The highest BCUT2D eigenvalue weighted by atomic mass is 32.2. The van der Waals surface area contributed by atoms with E-state index in [1.807, 2.05) is 12.3 Å². The molecule has 0 bridgehead atoms. The number of rotatable bonds is 6. The number of amides is 1. The van der Waals surface area contributed by atoms with Crippen LogP contribution in [0, 0.1) is 0 Å². The summed E-state index contributed by atoms with van der Waals surface area (Å²) in [5.41, 5.74) is 0.438. The van der Waals surface area contributed by atoms with E-state index in [1.54, 1.807) is 36.4 Å². The summed E-state index contributed by atoms with van der Waals surface area (Å²) >= 11 is 1.52. The van der Waals surface area contributed by atoms with Crippen molar-refractivity contribution in [2.75, 3.05) is 11.6 Å². The Labute approximate surface area is 154 Å². The fourth-order valence-electron chi connectivity index (χ4n) is 2.17. The number of nitrogens with zero attached hydrogens (tertiary/aromatic N) is 2. The molecule has 0 aliphatic rings. The monoisotopic (exact) mass is 389 g/mol. The predicted molar refractivity (Wildman–Crippen MR) is 97.8 cm³/mol. The summed E-state index contributed by atoms with van der Waals surface area (Å²) in [6.45, 7) is 0. The fourth-order valence-corrected chi connectivity index (χ4v) is 3.81. The van der Waals surface area contributed by atoms with Crippen molar-refractivity contribution in [2.45, 2.75) is 15.5 Å². The van der Waals surface area contributed by atoms with Crippen LogP contribution >= 0.6 is 11.8 Å². The van der Waals surface area contributed by atoms with E-state index in [4.69, 9.17) is 4.42 Å². The van der Waals surface area contributed by atoms with E-state index in [0.717, 1.165) is 4.90 Å². The third-order valence-corrected chi connectivity index (χ3v) is 5.78. The second-order valence-corrected chi connectivity index (χ2v) is 8.13. The standard InChI is InChI=1S/C17H15N3O4S2/c1-25-13-7-5-6-12(10-13)16(21)18-17-20-19-15(24-17)11-26(22,23)14-8-3-2-4-9-14/h2-10H,11H2,1H3,(H,18,20,21). The minimum atomic E-state index is -3.60. The summed E-state index contributed by atoms with van der Waals surface area (Å²) in [6.07, 6.45) is 1.91. The molecule has 0 spiro atoms. The molecule has 134 valence electrons. The minimum absolute atomic E-state index is 0.0954. The third kappa shape index (κ3) is 4.30. The van der Waals surface area contributed by atoms with Gasteiger partial charge in [0.1, 0.15) is 5.75 Å². The van der Waals surface area contributed by atoms with Crippen LogP contribution in [0.1, 0.15) is 16.2 Å². The Kier molecular flexibility index (Phi) is 5.38. The Morgan fingerprint density at radius 3 is 2.62 bits per heavy atom. The van der Waals surface area contributed by atoms with Gasteiger partial charge in [-0.2, -0.15) is 0 Å². The van der Waals surface area contributed by atoms with Gasteiger partial charge in [-0.3, -0.25) is 10.1 Å². The highest BCUT2D eigenvalue weighted by molar-refractivity contribution is 7.98. The number of benzene rings is 2. The van der Waals surface area contributed by atoms with E-state index >= 15 is 0 Å². The van der Waals surface area contributed by atoms with Crippen molar-refractivity contribution in [3.05, 3.63) is 66.1 Å². The van der Waals surface area contributed by atoms with Gasteiger partial charge in [-0.25, -0.2) is 8.42 Å². The number of anilines is 1. The summed E-state index contributed by atoms with van der Waals surface area (Å²) in [6, 6.07) is 14.9. The van der Waals surface area contributed by atoms with Crippen LogP contribution in [0.5, 0.6) is 0 Å². The van der Waals surface area contributed by atoms with Crippen LogP contribution in [0.25, 0.3) is 0 Å². The van der Waals surface area contributed by atoms with Gasteiger partial charge in [0.25, 0.3) is 5.91 Å². The van der Waals surface area contributed by atoms with Gasteiger partial charge in [-0.15, -0.1) is 16.9 Å². The molecule has 0 fully saturated rings. The number of aromatic nitrogens is 2. The summed E-state index contributed by atoms with van der Waals surface area (Å²) < 4.78 is 29.9. The lowest BCUT2D eigenvalue weighted by atomic mass is 10.2. The molecular formula is C17H15N3O4S2. The van der Waals surface area contributed by atoms with Crippen molar-refractivity contribution in [2.24, 2.45) is 0 Å². The lowest BCUT2D eigenvalue weighted by molar-refractivity contribution is 0.102. The molecule has 1 amide bonds. The van der Waals surface area contributed by atoms with Crippen molar-refractivity contribution in [1.82, 2.24) is 10.2 Å². The zero-order valence-corrected chi connectivity index (χ0v) is 15.4. The molecule has 1 aromatic heterocycles. The van der Waals surface area contributed by atoms with E-state index in [-0.39, 0.29) is 16.8 Å². The Bertz CT molecular complexity index is 1020. The van der Waals surface area contributed by atoms with Crippen molar-refractivity contribution in [3.8, 4) is 0 Å². The topological polar surface area (TPSA) is 102 Å². The maximum Gasteiger partial charge on any atom is 0.322 e. The van der Waals surface area contributed by atoms with Crippen molar-refractivity contribution in [3.63, 3.8) is 0 Å². The largest absolute Gasteiger partial charge is 0.407 e. The lowest BCUT2D eigenvalue weighted by Gasteiger charge is -2.02. The number of carbonyl (C=O) groups excluding carboxylic acids is 1. The molecular weight excluding hydrogens is 374 g/mol. The van der Waals surface area contributed by atoms with Crippen LogP contribution in [0.4, 0.5) is 6.01 Å². The molecule has 1 heterocycles. The van der Waals surface area contributed by atoms with Crippen LogP contribution in [0.3, 0.4) is 0 Å². The van der Waals surface area contributed by atoms with Crippen LogP contribution in [-0.4, -0.2) is 30.8 Å². The molecule has 2 aromatic carbocycles. The molecule has 0 aliphatic heterocycles. The molecule has 3 rings (SSSR count). The first-order valence-corrected chi connectivity index (χ1v) is 10.4. The number of carbonyl (C=O) groups is 1. The van der Waals surface area contributed by atoms with Gasteiger partial charge in [0.2, 0.25) is 5.89 Å². The smallest absolute Gasteiger partial charge is 0.322 e. The van der Waals surface area contributed by atoms with E-state index in [1.165, 1.54) is 23.9 Å². The zero-order valence-electron chi connectivity index (χ0n) is 13.7. The predicted octanol–water partition coefficient (Wildman–Crippen LogP) is 3.02. The molecule has 3 aromatic rings. The van der Waals surface area contributed by atoms with E-state index < -0.39 is 21.5 Å². The molecule has 0 aliphatic carbocycles. The Balaban J connectivity index is 1.71. The maximum atomic E-state index is 12.3. The first kappa shape index (κ1) is 18.2. The Morgan fingerprint density at radius 2 is 1.88 bits per heavy atom. The Morgan fingerprint density at radius 1 is 1.12 bits per heavy atom. The number of hydrogen-bond acceptors (Lipinski definition) is 7. The van der Waals surface area contributed by atoms with Crippen molar-refractivity contribution >= 4 is 33.5 Å². The number of thioether (sulfide) groups is 1. The van der Waals surface area contributed by atoms with Gasteiger partial charge < -0.3 is 4.42 Å². The molecule has 0 atom stereocenters. The highest BCUT2D eigenvalue weighted by Gasteiger charge is 2.20. The summed E-state index contributed by atoms with van der Waals surface area (Å²) in [4.78, 5) is 13.3. The van der Waals surface area contributed by atoms with Crippen molar-refractivity contribution in [1.29, 1.82) is 0 Å². The van der Waals surface area contributed by atoms with Gasteiger partial charge in [0, 0.05) is 10.5 Å². The molecule has 0 saturated heterocycles. The summed E-state index contributed by atoms with van der Waals surface area (Å²) in [5.74, 6) is -0.953. The average Bonchev–Trinajstić information content (AvgIpc) is 3.08. The second kappa shape index (κ2) is 7.71. The highest BCUT2D eigenvalue weighted by Crippen LogP contribution is 2.18. The first-order valence-electron chi connectivity index (χ1n) is 7.53. The maximum absolute atomic E-state index is 12.3. The molecule has 0 saturated carbocycles. The molecule has 0 unspecified atom stereocenters. The Hall–Kier alpha value is -2.65. The quantitative estimate of drug-likeness (QED) is 0.647. The van der Waals surface area contributed by atoms with Crippen LogP contribution in [0.15, 0.2) is 68.8 Å². The number of nitrogens with one attached hydrogen (secondary N) is 1. The lowest BCUT2D eigenvalue weighted by Crippen LogP contribution is -2.12. The van der Waals surface area contributed by atoms with Crippen LogP contribution < -0.4 is 5.32 Å². The van der Waals surface area contributed by atoms with E-state index in [0.29, 0.717) is 5.56 Å². The number of sulfone groups is 1. The minimum Gasteiger partial charge on any atom is -0.407 e. The van der Waals surface area contributed by atoms with Crippen LogP contribution in [0.2, 0.25) is 0 Å². The van der Waals surface area contributed by atoms with Gasteiger partial charge in [-0.05, 0) is 36.6 Å². The summed E-state index contributed by atoms with van der Waals surface area (Å²) in [5, 5.41) is 9.85. The second-order valence-electron chi connectivity index (χ2n) is 5.26. The molecule has 1 N–H and O–H groups in total. The third-order valence-electron chi connectivity index (χ3n) is 3.44. The van der Waals surface area contributed by atoms with Gasteiger partial charge in [0.05, 0.1) is 4.90 Å². The SMILES string of the molecule is CSc1cccc(C(=O)Nc2nnc(CS(=O)(=O)c3ccccc3)o2)c1. The summed E-state index contributed by atoms with van der Waals surface area (Å²) in [7, 11) is -3.60. The fraction of sp³-hybridized carbons (Fsp3) is 0.118. The van der Waals surface area contributed by atoms with Crippen molar-refractivity contribution < 1.29 is 17.6 Å². The number of hydrogen-bond donors (Lipinski definition) is 1. The average molecular weight is 389 g/mol. The van der Waals surface area contributed by atoms with Crippen LogP contribution in [-0.2, 0) is 15.6 Å². The first-order chi connectivity index (χ1) is 12.5. The van der Waals surface area contributed by atoms with Gasteiger partial charge >= 0.3 is 6.01 Å². The zero-order chi connectivity index (χ0) is 18.6. The van der Waals surface area contributed by atoms with E-state index in [2.05, 4.69) is 15.5 Å². The normalized spacial score (nSPS) is 11.3. The molecule has 7 nitrogen and oxygen atoms in total. The van der Waals surface area contributed by atoms with Gasteiger partial charge in [-0.1, -0.05) is 29.4 Å². The molecule has 26 heavy (non-hydrogen) atoms.